The zero-order valence-corrected chi connectivity index (χ0v) is 11.3. The first-order valence-electron chi connectivity index (χ1n) is 6.39. The molecule has 0 unspecified atom stereocenters. The minimum Gasteiger partial charge on any atom is -0.496 e. The fourth-order valence-electron chi connectivity index (χ4n) is 1.96. The average molecular weight is 261 g/mol. The molecule has 0 radical (unpaired) electrons. The summed E-state index contributed by atoms with van der Waals surface area (Å²) in [5.41, 5.74) is 7.80. The maximum absolute atomic E-state index is 5.45. The number of aryl methyl sites for hydroxylation is 1. The Morgan fingerprint density at radius 1 is 1.37 bits per heavy atom. The number of nitrogens with zero attached hydrogens (tertiary/aromatic N) is 4. The number of rotatable bonds is 6. The first-order chi connectivity index (χ1) is 9.26. The Morgan fingerprint density at radius 3 is 2.89 bits per heavy atom. The van der Waals surface area contributed by atoms with E-state index in [1.165, 1.54) is 10.4 Å². The Morgan fingerprint density at radius 2 is 2.21 bits per heavy atom. The lowest BCUT2D eigenvalue weighted by Crippen LogP contribution is -2.12. The van der Waals surface area contributed by atoms with E-state index in [-0.39, 0.29) is 0 Å². The molecule has 0 aliphatic rings. The number of methoxy groups -OCH3 is 1. The van der Waals surface area contributed by atoms with Crippen molar-refractivity contribution in [2.45, 2.75) is 26.3 Å². The smallest absolute Gasteiger partial charge is 0.179 e. The van der Waals surface area contributed by atoms with Crippen molar-refractivity contribution in [2.75, 3.05) is 13.7 Å². The minimum atomic E-state index is 0.512. The average Bonchev–Trinajstić information content (AvgIpc) is 2.86. The second-order valence-electron chi connectivity index (χ2n) is 4.27. The Labute approximate surface area is 112 Å². The van der Waals surface area contributed by atoms with Gasteiger partial charge in [0.05, 0.1) is 13.7 Å². The van der Waals surface area contributed by atoms with Gasteiger partial charge in [0.25, 0.3) is 0 Å². The van der Waals surface area contributed by atoms with Crippen LogP contribution in [0.5, 0.6) is 5.75 Å². The van der Waals surface area contributed by atoms with Crippen molar-refractivity contribution >= 4 is 0 Å². The van der Waals surface area contributed by atoms with E-state index in [0.29, 0.717) is 25.3 Å². The number of hydrogen-bond donors (Lipinski definition) is 1. The Hall–Kier alpha value is -1.95. The maximum atomic E-state index is 5.45. The molecule has 102 valence electrons. The van der Waals surface area contributed by atoms with Crippen LogP contribution in [0.4, 0.5) is 0 Å². The highest BCUT2D eigenvalue weighted by atomic mass is 16.5. The van der Waals surface area contributed by atoms with Crippen molar-refractivity contribution in [2.24, 2.45) is 5.73 Å². The van der Waals surface area contributed by atoms with Gasteiger partial charge in [0.1, 0.15) is 5.75 Å². The molecule has 1 heterocycles. The van der Waals surface area contributed by atoms with Crippen molar-refractivity contribution < 1.29 is 4.74 Å². The number of aromatic nitrogens is 4. The Kier molecular flexibility index (Phi) is 4.46. The standard InChI is InChI=1S/C13H19N5O/c1-3-11-8-10(4-5-12(11)19-2)9-13-15-17-18(16-13)7-6-14/h4-5,8H,3,6-7,9,14H2,1-2H3. The monoisotopic (exact) mass is 261 g/mol. The highest BCUT2D eigenvalue weighted by Crippen LogP contribution is 2.21. The zero-order valence-electron chi connectivity index (χ0n) is 11.3. The van der Waals surface area contributed by atoms with Crippen LogP contribution in [0.25, 0.3) is 0 Å². The van der Waals surface area contributed by atoms with Gasteiger partial charge in [-0.05, 0) is 28.8 Å². The van der Waals surface area contributed by atoms with Gasteiger partial charge < -0.3 is 10.5 Å². The van der Waals surface area contributed by atoms with Crippen LogP contribution >= 0.6 is 0 Å². The van der Waals surface area contributed by atoms with E-state index < -0.39 is 0 Å². The van der Waals surface area contributed by atoms with E-state index in [0.717, 1.165) is 17.7 Å². The van der Waals surface area contributed by atoms with Crippen LogP contribution in [-0.4, -0.2) is 33.9 Å². The van der Waals surface area contributed by atoms with Crippen molar-refractivity contribution in [3.8, 4) is 5.75 Å². The molecular formula is C13H19N5O. The largest absolute Gasteiger partial charge is 0.496 e. The second kappa shape index (κ2) is 6.29. The molecule has 1 aromatic carbocycles. The number of hydrogen-bond acceptors (Lipinski definition) is 5. The van der Waals surface area contributed by atoms with E-state index in [9.17, 15) is 0 Å². The molecule has 19 heavy (non-hydrogen) atoms. The molecule has 6 nitrogen and oxygen atoms in total. The zero-order chi connectivity index (χ0) is 13.7. The van der Waals surface area contributed by atoms with Crippen LogP contribution in [0.3, 0.4) is 0 Å². The summed E-state index contributed by atoms with van der Waals surface area (Å²) in [7, 11) is 1.69. The van der Waals surface area contributed by atoms with Gasteiger partial charge in [-0.25, -0.2) is 0 Å². The number of nitrogens with two attached hydrogens (primary N) is 1. The van der Waals surface area contributed by atoms with Gasteiger partial charge in [0.2, 0.25) is 0 Å². The summed E-state index contributed by atoms with van der Waals surface area (Å²) in [6.07, 6.45) is 1.60. The van der Waals surface area contributed by atoms with Crippen LogP contribution in [0.15, 0.2) is 18.2 Å². The summed E-state index contributed by atoms with van der Waals surface area (Å²) < 4.78 is 5.32. The van der Waals surface area contributed by atoms with E-state index >= 15 is 0 Å². The molecule has 0 amide bonds. The molecule has 2 N–H and O–H groups in total. The van der Waals surface area contributed by atoms with Gasteiger partial charge in [-0.3, -0.25) is 0 Å². The molecule has 0 saturated heterocycles. The topological polar surface area (TPSA) is 78.9 Å². The predicted octanol–water partition coefficient (Wildman–Crippen LogP) is 0.794. The van der Waals surface area contributed by atoms with Crippen LogP contribution in [-0.2, 0) is 19.4 Å². The lowest BCUT2D eigenvalue weighted by molar-refractivity contribution is 0.410. The molecule has 0 fully saturated rings. The summed E-state index contributed by atoms with van der Waals surface area (Å²) in [6.45, 7) is 3.21. The third-order valence-electron chi connectivity index (χ3n) is 2.91. The Bertz CT molecular complexity index is 538. The summed E-state index contributed by atoms with van der Waals surface area (Å²) in [5.74, 6) is 1.63. The van der Waals surface area contributed by atoms with Crippen LogP contribution < -0.4 is 10.5 Å². The third-order valence-corrected chi connectivity index (χ3v) is 2.91. The van der Waals surface area contributed by atoms with E-state index in [2.05, 4.69) is 28.4 Å². The van der Waals surface area contributed by atoms with Crippen molar-refractivity contribution in [1.29, 1.82) is 0 Å². The fourth-order valence-corrected chi connectivity index (χ4v) is 1.96. The fraction of sp³-hybridized carbons (Fsp3) is 0.462. The SMILES string of the molecule is CCc1cc(Cc2nnn(CCN)n2)ccc1OC. The number of tetrazole rings is 1. The predicted molar refractivity (Wildman–Crippen MR) is 72.0 cm³/mol. The van der Waals surface area contributed by atoms with Crippen molar-refractivity contribution in [1.82, 2.24) is 20.2 Å². The van der Waals surface area contributed by atoms with Gasteiger partial charge in [0.15, 0.2) is 5.82 Å². The Balaban J connectivity index is 2.13. The molecule has 6 heteroatoms. The van der Waals surface area contributed by atoms with Crippen LogP contribution in [0.2, 0.25) is 0 Å². The molecule has 0 spiro atoms. The summed E-state index contributed by atoms with van der Waals surface area (Å²) in [6, 6.07) is 6.14. The molecule has 0 aliphatic heterocycles. The van der Waals surface area contributed by atoms with Gasteiger partial charge in [-0.15, -0.1) is 10.2 Å². The van der Waals surface area contributed by atoms with Gasteiger partial charge >= 0.3 is 0 Å². The lowest BCUT2D eigenvalue weighted by atomic mass is 10.1. The normalized spacial score (nSPS) is 10.7. The number of benzene rings is 1. The van der Waals surface area contributed by atoms with Crippen molar-refractivity contribution in [3.63, 3.8) is 0 Å². The summed E-state index contributed by atoms with van der Waals surface area (Å²) >= 11 is 0. The van der Waals surface area contributed by atoms with Gasteiger partial charge in [-0.1, -0.05) is 19.1 Å². The maximum Gasteiger partial charge on any atom is 0.179 e. The second-order valence-corrected chi connectivity index (χ2v) is 4.27. The summed E-state index contributed by atoms with van der Waals surface area (Å²) in [5, 5.41) is 12.2. The molecule has 0 atom stereocenters. The first-order valence-corrected chi connectivity index (χ1v) is 6.39. The minimum absolute atomic E-state index is 0.512. The van der Waals surface area contributed by atoms with Gasteiger partial charge in [0, 0.05) is 13.0 Å². The third kappa shape index (κ3) is 3.29. The first kappa shape index (κ1) is 13.5. The lowest BCUT2D eigenvalue weighted by Gasteiger charge is -2.08. The van der Waals surface area contributed by atoms with E-state index in [4.69, 9.17) is 10.5 Å². The number of ether oxygens (including phenoxy) is 1. The molecule has 0 saturated carbocycles. The van der Waals surface area contributed by atoms with E-state index in [1.54, 1.807) is 7.11 Å². The van der Waals surface area contributed by atoms with Gasteiger partial charge in [-0.2, -0.15) is 4.80 Å². The molecule has 0 aliphatic carbocycles. The highest BCUT2D eigenvalue weighted by molar-refractivity contribution is 5.38. The molecule has 2 rings (SSSR count). The van der Waals surface area contributed by atoms with Crippen molar-refractivity contribution in [3.05, 3.63) is 35.2 Å². The summed E-state index contributed by atoms with van der Waals surface area (Å²) in [4.78, 5) is 1.53. The van der Waals surface area contributed by atoms with Crippen LogP contribution in [0.1, 0.15) is 23.9 Å². The highest BCUT2D eigenvalue weighted by Gasteiger charge is 2.07. The molecular weight excluding hydrogens is 242 g/mol. The quantitative estimate of drug-likeness (QED) is 0.831. The van der Waals surface area contributed by atoms with E-state index in [1.807, 2.05) is 12.1 Å². The molecule has 1 aromatic heterocycles. The molecule has 2 aromatic rings. The van der Waals surface area contributed by atoms with Crippen LogP contribution in [0, 0.1) is 0 Å². The molecule has 0 bridgehead atoms.